The molecule has 1 saturated carbocycles. The maximum Gasteiger partial charge on any atom is 0.244 e. The summed E-state index contributed by atoms with van der Waals surface area (Å²) in [6.07, 6.45) is 0.868. The monoisotopic (exact) mass is 268 g/mol. The highest BCUT2D eigenvalue weighted by molar-refractivity contribution is 4.93. The predicted octanol–water partition coefficient (Wildman–Crippen LogP) is 5.66. The Morgan fingerprint density at radius 1 is 1.06 bits per heavy atom. The third-order valence-electron chi connectivity index (χ3n) is 2.92. The Morgan fingerprint density at radius 2 is 1.33 bits per heavy atom. The van der Waals surface area contributed by atoms with E-state index in [9.17, 15) is 8.78 Å². The van der Waals surface area contributed by atoms with Crippen molar-refractivity contribution < 1.29 is 13.9 Å². The van der Waals surface area contributed by atoms with Gasteiger partial charge in [0.1, 0.15) is 0 Å². The molecule has 114 valence electrons. The largest absolute Gasteiger partial charge is 0.390 e. The summed E-state index contributed by atoms with van der Waals surface area (Å²) in [6.45, 7) is 15.4. The molecule has 0 atom stereocenters. The van der Waals surface area contributed by atoms with Crippen LogP contribution in [0.15, 0.2) is 0 Å². The molecular weight excluding hydrogens is 234 g/mol. The summed E-state index contributed by atoms with van der Waals surface area (Å²) in [7, 11) is 0. The highest BCUT2D eigenvalue weighted by atomic mass is 19.3. The highest BCUT2D eigenvalue weighted by Gasteiger charge is 2.48. The van der Waals surface area contributed by atoms with Crippen molar-refractivity contribution in [2.45, 2.75) is 93.1 Å². The van der Waals surface area contributed by atoms with Crippen molar-refractivity contribution in [3.63, 3.8) is 0 Å². The lowest BCUT2D eigenvalue weighted by Gasteiger charge is -2.11. The van der Waals surface area contributed by atoms with Crippen LogP contribution in [0.25, 0.3) is 0 Å². The van der Waals surface area contributed by atoms with Gasteiger partial charge in [0.2, 0.25) is 6.43 Å². The Balaban J connectivity index is -0.000000201. The Hall–Kier alpha value is -0.180. The van der Waals surface area contributed by atoms with E-state index in [4.69, 9.17) is 5.11 Å². The molecule has 0 aromatic rings. The number of alkyl halides is 2. The molecule has 1 aliphatic carbocycles. The average molecular weight is 268 g/mol. The molecular formula is C15H34F2O. The first kappa shape index (κ1) is 23.0. The van der Waals surface area contributed by atoms with Crippen molar-refractivity contribution in [3.05, 3.63) is 0 Å². The molecule has 18 heavy (non-hydrogen) atoms. The summed E-state index contributed by atoms with van der Waals surface area (Å²) >= 11 is 0. The van der Waals surface area contributed by atoms with Crippen molar-refractivity contribution in [3.8, 4) is 0 Å². The first-order chi connectivity index (χ1) is 8.27. The second-order valence-corrected chi connectivity index (χ2v) is 4.68. The number of halogens is 2. The minimum atomic E-state index is -2.08. The third kappa shape index (κ3) is 12.3. The zero-order valence-corrected chi connectivity index (χ0v) is 13.6. The molecule has 1 aliphatic rings. The van der Waals surface area contributed by atoms with E-state index >= 15 is 0 Å². The van der Waals surface area contributed by atoms with E-state index in [2.05, 4.69) is 0 Å². The van der Waals surface area contributed by atoms with E-state index in [-0.39, 0.29) is 0 Å². The molecule has 0 aromatic heterocycles. The summed E-state index contributed by atoms with van der Waals surface area (Å²) in [5.41, 5.74) is -1.000. The summed E-state index contributed by atoms with van der Waals surface area (Å²) < 4.78 is 23.8. The lowest BCUT2D eigenvalue weighted by Crippen LogP contribution is -2.15. The SMILES string of the molecule is CC.CC.CCC(C)(C)O.CCC1(C(F)F)CC1. The average Bonchev–Trinajstić information content (AvgIpc) is 3.15. The number of aliphatic hydroxyl groups is 1. The Labute approximate surface area is 113 Å². The van der Waals surface area contributed by atoms with E-state index in [0.29, 0.717) is 6.42 Å². The van der Waals surface area contributed by atoms with Gasteiger partial charge in [-0.2, -0.15) is 0 Å². The molecule has 1 N–H and O–H groups in total. The molecule has 1 rings (SSSR count). The molecule has 0 radical (unpaired) electrons. The van der Waals surface area contributed by atoms with Crippen molar-refractivity contribution >= 4 is 0 Å². The molecule has 0 amide bonds. The lowest BCUT2D eigenvalue weighted by molar-refractivity contribution is 0.0593. The zero-order valence-electron chi connectivity index (χ0n) is 13.6. The van der Waals surface area contributed by atoms with Crippen LogP contribution in [0.5, 0.6) is 0 Å². The fraction of sp³-hybridized carbons (Fsp3) is 1.00. The minimum absolute atomic E-state index is 0.458. The van der Waals surface area contributed by atoms with E-state index in [0.717, 1.165) is 19.3 Å². The zero-order chi connectivity index (χ0) is 15.4. The molecule has 3 heteroatoms. The quantitative estimate of drug-likeness (QED) is 0.700. The standard InChI is InChI=1S/C6H10F2.C5H12O.2C2H6/c1-2-6(3-4-6)5(7)8;1-4-5(2,3)6;2*1-2/h5H,2-4H2,1H3;6H,4H2,1-3H3;2*1-2H3. The summed E-state index contributed by atoms with van der Waals surface area (Å²) in [4.78, 5) is 0. The summed E-state index contributed by atoms with van der Waals surface area (Å²) in [5, 5.41) is 8.83. The van der Waals surface area contributed by atoms with Gasteiger partial charge in [-0.3, -0.25) is 0 Å². The maximum absolute atomic E-state index is 11.9. The van der Waals surface area contributed by atoms with E-state index in [1.165, 1.54) is 0 Å². The fourth-order valence-corrected chi connectivity index (χ4v) is 0.887. The van der Waals surface area contributed by atoms with Crippen LogP contribution in [0, 0.1) is 5.41 Å². The van der Waals surface area contributed by atoms with E-state index in [1.54, 1.807) is 13.8 Å². The third-order valence-corrected chi connectivity index (χ3v) is 2.92. The lowest BCUT2D eigenvalue weighted by atomic mass is 10.1. The van der Waals surface area contributed by atoms with Gasteiger partial charge in [0.25, 0.3) is 0 Å². The molecule has 1 fully saturated rings. The van der Waals surface area contributed by atoms with Crippen molar-refractivity contribution in [2.75, 3.05) is 0 Å². The van der Waals surface area contributed by atoms with Crippen molar-refractivity contribution in [1.82, 2.24) is 0 Å². The summed E-state index contributed by atoms with van der Waals surface area (Å²) in [5.74, 6) is 0. The van der Waals surface area contributed by atoms with Crippen molar-refractivity contribution in [2.24, 2.45) is 5.41 Å². The number of hydrogen-bond donors (Lipinski definition) is 1. The highest BCUT2D eigenvalue weighted by Crippen LogP contribution is 2.53. The molecule has 0 aromatic carbocycles. The van der Waals surface area contributed by atoms with Gasteiger partial charge in [-0.1, -0.05) is 41.5 Å². The van der Waals surface area contributed by atoms with Crippen LogP contribution < -0.4 is 0 Å². The molecule has 0 unspecified atom stereocenters. The van der Waals surface area contributed by atoms with E-state index in [1.807, 2.05) is 41.5 Å². The van der Waals surface area contributed by atoms with Gasteiger partial charge in [-0.25, -0.2) is 8.78 Å². The molecule has 1 nitrogen and oxygen atoms in total. The van der Waals surface area contributed by atoms with Crippen LogP contribution in [0.1, 0.15) is 81.1 Å². The van der Waals surface area contributed by atoms with Crippen LogP contribution in [0.2, 0.25) is 0 Å². The number of rotatable bonds is 3. The van der Waals surface area contributed by atoms with Gasteiger partial charge in [-0.15, -0.1) is 0 Å². The molecule has 0 spiro atoms. The van der Waals surface area contributed by atoms with Crippen molar-refractivity contribution in [1.29, 1.82) is 0 Å². The van der Waals surface area contributed by atoms with Gasteiger partial charge in [0.05, 0.1) is 5.60 Å². The predicted molar refractivity (Wildman–Crippen MR) is 77.2 cm³/mol. The van der Waals surface area contributed by atoms with E-state index < -0.39 is 17.4 Å². The molecule has 0 aliphatic heterocycles. The molecule has 0 bridgehead atoms. The van der Waals surface area contributed by atoms with Gasteiger partial charge in [0.15, 0.2) is 0 Å². The Morgan fingerprint density at radius 3 is 1.33 bits per heavy atom. The first-order valence-corrected chi connectivity index (χ1v) is 7.28. The minimum Gasteiger partial charge on any atom is -0.390 e. The topological polar surface area (TPSA) is 20.2 Å². The van der Waals surface area contributed by atoms with Crippen LogP contribution in [0.4, 0.5) is 8.78 Å². The Bertz CT molecular complexity index is 158. The van der Waals surface area contributed by atoms with Gasteiger partial charge in [0, 0.05) is 5.41 Å². The normalized spacial score (nSPS) is 15.3. The van der Waals surface area contributed by atoms with Crippen LogP contribution in [-0.4, -0.2) is 17.1 Å². The maximum atomic E-state index is 11.9. The fourth-order valence-electron chi connectivity index (χ4n) is 0.887. The second kappa shape index (κ2) is 11.9. The molecule has 0 heterocycles. The van der Waals surface area contributed by atoms with Gasteiger partial charge >= 0.3 is 0 Å². The summed E-state index contributed by atoms with van der Waals surface area (Å²) in [6, 6.07) is 0. The molecule has 0 saturated heterocycles. The van der Waals surface area contributed by atoms with Crippen LogP contribution >= 0.6 is 0 Å². The van der Waals surface area contributed by atoms with Crippen LogP contribution in [-0.2, 0) is 0 Å². The Kier molecular flexibility index (Phi) is 15.2. The second-order valence-electron chi connectivity index (χ2n) is 4.68. The first-order valence-electron chi connectivity index (χ1n) is 7.28. The smallest absolute Gasteiger partial charge is 0.244 e. The van der Waals surface area contributed by atoms with Gasteiger partial charge in [-0.05, 0) is 39.5 Å². The van der Waals surface area contributed by atoms with Crippen LogP contribution in [0.3, 0.4) is 0 Å². The number of hydrogen-bond acceptors (Lipinski definition) is 1. The van der Waals surface area contributed by atoms with Gasteiger partial charge < -0.3 is 5.11 Å².